The summed E-state index contributed by atoms with van der Waals surface area (Å²) in [6.07, 6.45) is -0.642. The minimum Gasteiger partial charge on any atom is -0.492 e. The van der Waals surface area contributed by atoms with E-state index in [0.29, 0.717) is 18.9 Å². The van der Waals surface area contributed by atoms with Gasteiger partial charge in [0.15, 0.2) is 0 Å². The number of aliphatic hydroxyl groups is 1. The molecule has 0 aliphatic heterocycles. The molecule has 140 valence electrons. The van der Waals surface area contributed by atoms with Crippen LogP contribution < -0.4 is 14.8 Å². The lowest BCUT2D eigenvalue weighted by molar-refractivity contribution is -0.384. The van der Waals surface area contributed by atoms with Crippen LogP contribution in [-0.2, 0) is 0 Å². The second kappa shape index (κ2) is 9.74. The van der Waals surface area contributed by atoms with Crippen molar-refractivity contribution in [3.05, 3.63) is 64.2 Å². The highest BCUT2D eigenvalue weighted by Gasteiger charge is 2.10. The van der Waals surface area contributed by atoms with E-state index < -0.39 is 11.0 Å². The van der Waals surface area contributed by atoms with E-state index in [1.54, 1.807) is 12.1 Å². The monoisotopic (exact) mass is 360 g/mol. The zero-order valence-electron chi connectivity index (χ0n) is 14.9. The highest BCUT2D eigenvalue weighted by molar-refractivity contribution is 5.36. The van der Waals surface area contributed by atoms with Gasteiger partial charge in [-0.1, -0.05) is 18.2 Å². The van der Waals surface area contributed by atoms with Crippen molar-refractivity contribution in [3.63, 3.8) is 0 Å². The highest BCUT2D eigenvalue weighted by Crippen LogP contribution is 2.17. The van der Waals surface area contributed by atoms with Gasteiger partial charge in [-0.2, -0.15) is 0 Å². The van der Waals surface area contributed by atoms with Gasteiger partial charge >= 0.3 is 0 Å². The van der Waals surface area contributed by atoms with Gasteiger partial charge < -0.3 is 19.9 Å². The molecule has 0 amide bonds. The second-order valence-corrected chi connectivity index (χ2v) is 6.10. The van der Waals surface area contributed by atoms with E-state index in [9.17, 15) is 15.2 Å². The molecular weight excluding hydrogens is 336 g/mol. The third-order valence-corrected chi connectivity index (χ3v) is 3.77. The van der Waals surface area contributed by atoms with Gasteiger partial charge in [0.2, 0.25) is 0 Å². The molecule has 26 heavy (non-hydrogen) atoms. The standard InChI is InChI=1S/C19H24N2O5/c1-14-5-3-4-6-19(14)26-13-17(22)11-20-15(2)12-25-18-9-7-16(8-10-18)21(23)24/h3-10,15,17,20,22H,11-13H2,1-2H3. The lowest BCUT2D eigenvalue weighted by Gasteiger charge is -2.18. The molecule has 0 bridgehead atoms. The number of benzene rings is 2. The fourth-order valence-electron chi connectivity index (χ4n) is 2.24. The lowest BCUT2D eigenvalue weighted by atomic mass is 10.2. The Morgan fingerprint density at radius 3 is 2.46 bits per heavy atom. The van der Waals surface area contributed by atoms with E-state index in [0.717, 1.165) is 11.3 Å². The van der Waals surface area contributed by atoms with Crippen LogP contribution in [-0.4, -0.2) is 41.9 Å². The minimum absolute atomic E-state index is 0.00157. The van der Waals surface area contributed by atoms with Crippen molar-refractivity contribution in [2.75, 3.05) is 19.8 Å². The van der Waals surface area contributed by atoms with Crippen molar-refractivity contribution in [2.45, 2.75) is 26.0 Å². The van der Waals surface area contributed by atoms with E-state index in [-0.39, 0.29) is 18.3 Å². The first-order chi connectivity index (χ1) is 12.5. The number of aryl methyl sites for hydroxylation is 1. The summed E-state index contributed by atoms with van der Waals surface area (Å²) < 4.78 is 11.2. The van der Waals surface area contributed by atoms with Gasteiger partial charge in [-0.25, -0.2) is 0 Å². The van der Waals surface area contributed by atoms with Crippen LogP contribution in [0.5, 0.6) is 11.5 Å². The number of hydrogen-bond acceptors (Lipinski definition) is 6. The molecule has 0 spiro atoms. The third kappa shape index (κ3) is 6.34. The Hall–Kier alpha value is -2.64. The number of nitrogens with zero attached hydrogens (tertiary/aromatic N) is 1. The molecule has 2 aromatic carbocycles. The van der Waals surface area contributed by atoms with Gasteiger partial charge in [0.25, 0.3) is 5.69 Å². The quantitative estimate of drug-likeness (QED) is 0.500. The summed E-state index contributed by atoms with van der Waals surface area (Å²) >= 11 is 0. The maximum atomic E-state index is 10.6. The average Bonchev–Trinajstić information content (AvgIpc) is 2.64. The first-order valence-corrected chi connectivity index (χ1v) is 8.43. The molecule has 0 fully saturated rings. The molecule has 0 aliphatic rings. The maximum absolute atomic E-state index is 10.6. The number of ether oxygens (including phenoxy) is 2. The molecule has 0 saturated carbocycles. The average molecular weight is 360 g/mol. The smallest absolute Gasteiger partial charge is 0.269 e. The molecule has 0 saturated heterocycles. The molecule has 7 heteroatoms. The first-order valence-electron chi connectivity index (χ1n) is 8.43. The Balaban J connectivity index is 1.66. The summed E-state index contributed by atoms with van der Waals surface area (Å²) in [5, 5.41) is 23.8. The fraction of sp³-hybridized carbons (Fsp3) is 0.368. The predicted molar refractivity (Wildman–Crippen MR) is 98.7 cm³/mol. The van der Waals surface area contributed by atoms with E-state index in [4.69, 9.17) is 9.47 Å². The van der Waals surface area contributed by atoms with Gasteiger partial charge in [-0.05, 0) is 37.6 Å². The number of hydrogen-bond donors (Lipinski definition) is 2. The number of nitro groups is 1. The predicted octanol–water partition coefficient (Wildman–Crippen LogP) is 2.70. The number of nitrogens with one attached hydrogen (secondary N) is 1. The minimum atomic E-state index is -0.642. The van der Waals surface area contributed by atoms with E-state index in [1.807, 2.05) is 38.1 Å². The van der Waals surface area contributed by atoms with Crippen molar-refractivity contribution in [1.29, 1.82) is 0 Å². The zero-order valence-corrected chi connectivity index (χ0v) is 14.9. The van der Waals surface area contributed by atoms with Gasteiger partial charge in [-0.15, -0.1) is 0 Å². The summed E-state index contributed by atoms with van der Waals surface area (Å²) in [7, 11) is 0. The molecule has 7 nitrogen and oxygen atoms in total. The first kappa shape index (κ1) is 19.7. The van der Waals surface area contributed by atoms with Crippen LogP contribution in [0.3, 0.4) is 0 Å². The van der Waals surface area contributed by atoms with Crippen LogP contribution in [0.1, 0.15) is 12.5 Å². The van der Waals surface area contributed by atoms with Gasteiger partial charge in [0.1, 0.15) is 30.8 Å². The van der Waals surface area contributed by atoms with Crippen molar-refractivity contribution in [2.24, 2.45) is 0 Å². The van der Waals surface area contributed by atoms with E-state index in [2.05, 4.69) is 5.32 Å². The summed E-state index contributed by atoms with van der Waals surface area (Å²) in [5.41, 5.74) is 1.05. The number of non-ortho nitro benzene ring substituents is 1. The summed E-state index contributed by atoms with van der Waals surface area (Å²) in [6.45, 7) is 4.84. The number of aliphatic hydroxyl groups excluding tert-OH is 1. The van der Waals surface area contributed by atoms with E-state index >= 15 is 0 Å². The Kier molecular flexibility index (Phi) is 7.37. The van der Waals surface area contributed by atoms with Crippen molar-refractivity contribution in [3.8, 4) is 11.5 Å². The van der Waals surface area contributed by atoms with Crippen LogP contribution in [0.2, 0.25) is 0 Å². The molecule has 0 aromatic heterocycles. The maximum Gasteiger partial charge on any atom is 0.269 e. The largest absolute Gasteiger partial charge is 0.492 e. The number of rotatable bonds is 10. The Morgan fingerprint density at radius 1 is 1.12 bits per heavy atom. The topological polar surface area (TPSA) is 93.9 Å². The molecule has 2 unspecified atom stereocenters. The fourth-order valence-corrected chi connectivity index (χ4v) is 2.24. The summed E-state index contributed by atoms with van der Waals surface area (Å²) in [4.78, 5) is 10.2. The van der Waals surface area contributed by atoms with E-state index in [1.165, 1.54) is 12.1 Å². The number of nitro benzene ring substituents is 1. The van der Waals surface area contributed by atoms with Crippen LogP contribution in [0, 0.1) is 17.0 Å². The van der Waals surface area contributed by atoms with Gasteiger partial charge in [0, 0.05) is 24.7 Å². The van der Waals surface area contributed by atoms with Gasteiger partial charge in [-0.3, -0.25) is 10.1 Å². The van der Waals surface area contributed by atoms with Crippen LogP contribution >= 0.6 is 0 Å². The van der Waals surface area contributed by atoms with Crippen molar-refractivity contribution < 1.29 is 19.5 Å². The molecule has 0 heterocycles. The zero-order chi connectivity index (χ0) is 18.9. The summed E-state index contributed by atoms with van der Waals surface area (Å²) in [5.74, 6) is 1.33. The molecule has 2 atom stereocenters. The normalized spacial score (nSPS) is 13.0. The Bertz CT molecular complexity index is 705. The van der Waals surface area contributed by atoms with Crippen molar-refractivity contribution >= 4 is 5.69 Å². The number of para-hydroxylation sites is 1. The lowest BCUT2D eigenvalue weighted by Crippen LogP contribution is -2.39. The Labute approximate surface area is 152 Å². The van der Waals surface area contributed by atoms with Gasteiger partial charge in [0.05, 0.1) is 4.92 Å². The van der Waals surface area contributed by atoms with Crippen LogP contribution in [0.25, 0.3) is 0 Å². The molecule has 2 rings (SSSR count). The third-order valence-electron chi connectivity index (χ3n) is 3.77. The molecule has 2 N–H and O–H groups in total. The Morgan fingerprint density at radius 2 is 1.81 bits per heavy atom. The SMILES string of the molecule is Cc1ccccc1OCC(O)CNC(C)COc1ccc([N+](=O)[O-])cc1. The molecule has 0 aliphatic carbocycles. The molecule has 2 aromatic rings. The van der Waals surface area contributed by atoms with Crippen LogP contribution in [0.4, 0.5) is 5.69 Å². The van der Waals surface area contributed by atoms with Crippen LogP contribution in [0.15, 0.2) is 48.5 Å². The van der Waals surface area contributed by atoms with Crippen molar-refractivity contribution in [1.82, 2.24) is 5.32 Å². The summed E-state index contributed by atoms with van der Waals surface area (Å²) in [6, 6.07) is 13.6. The second-order valence-electron chi connectivity index (χ2n) is 6.10. The molecular formula is C19H24N2O5. The molecule has 0 radical (unpaired) electrons. The highest BCUT2D eigenvalue weighted by atomic mass is 16.6.